The lowest BCUT2D eigenvalue weighted by Crippen LogP contribution is -2.41. The molecule has 4 nitrogen and oxygen atoms in total. The number of carbonyl (C=O) groups is 1. The maximum Gasteiger partial charge on any atom is 0.325 e. The van der Waals surface area contributed by atoms with Gasteiger partial charge in [-0.2, -0.15) is 0 Å². The van der Waals surface area contributed by atoms with Crippen molar-refractivity contribution in [3.63, 3.8) is 0 Å². The van der Waals surface area contributed by atoms with Crippen molar-refractivity contribution >= 4 is 21.9 Å². The number of hydrogen-bond acceptors (Lipinski definition) is 3. The summed E-state index contributed by atoms with van der Waals surface area (Å²) in [6.45, 7) is 1.98. The van der Waals surface area contributed by atoms with E-state index in [4.69, 9.17) is 4.74 Å². The number of halogens is 1. The second-order valence-corrected chi connectivity index (χ2v) is 5.04. The van der Waals surface area contributed by atoms with Crippen molar-refractivity contribution in [2.24, 2.45) is 0 Å². The topological polar surface area (TPSA) is 58.6 Å². The number of nitrogens with one attached hydrogen (secondary N) is 1. The molecule has 1 aliphatic heterocycles. The predicted octanol–water partition coefficient (Wildman–Crippen LogP) is 2.12. The van der Waals surface area contributed by atoms with Gasteiger partial charge in [0.1, 0.15) is 11.8 Å². The molecule has 1 aromatic rings. The number of carboxylic acids is 1. The van der Waals surface area contributed by atoms with Crippen molar-refractivity contribution in [3.8, 4) is 5.75 Å². The first kappa shape index (κ1) is 12.4. The number of methoxy groups -OCH3 is 1. The summed E-state index contributed by atoms with van der Waals surface area (Å²) >= 11 is 3.47. The van der Waals surface area contributed by atoms with Crippen LogP contribution in [0.4, 0.5) is 0 Å². The largest absolute Gasteiger partial charge is 0.496 e. The minimum absolute atomic E-state index is 0.131. The molecule has 0 saturated heterocycles. The molecular formula is C12H14BrNO3. The second kappa shape index (κ2) is 4.66. The summed E-state index contributed by atoms with van der Waals surface area (Å²) in [5.74, 6) is -0.260. The highest BCUT2D eigenvalue weighted by molar-refractivity contribution is 9.10. The van der Waals surface area contributed by atoms with Crippen molar-refractivity contribution in [3.05, 3.63) is 27.7 Å². The molecule has 5 heteroatoms. The molecule has 2 rings (SSSR count). The van der Waals surface area contributed by atoms with E-state index >= 15 is 0 Å². The van der Waals surface area contributed by atoms with Crippen LogP contribution in [-0.2, 0) is 11.2 Å². The molecule has 0 radical (unpaired) electrons. The van der Waals surface area contributed by atoms with Crippen LogP contribution in [-0.4, -0.2) is 24.2 Å². The molecule has 2 atom stereocenters. The van der Waals surface area contributed by atoms with E-state index in [2.05, 4.69) is 21.2 Å². The quantitative estimate of drug-likeness (QED) is 0.878. The van der Waals surface area contributed by atoms with Crippen LogP contribution in [0.2, 0.25) is 0 Å². The monoisotopic (exact) mass is 299 g/mol. The Bertz CT molecular complexity index is 461. The van der Waals surface area contributed by atoms with Gasteiger partial charge in [-0.25, -0.2) is 0 Å². The summed E-state index contributed by atoms with van der Waals surface area (Å²) in [5.41, 5.74) is 1.75. The number of fused-ring (bicyclic) bond motifs is 1. The molecule has 0 saturated carbocycles. The standard InChI is InChI=1S/C12H14BrNO3/c1-6-5-7-8(13)3-4-9(17-2)10(7)11(14-6)12(15)16/h3-4,6,11,14H,5H2,1-2H3,(H,15,16). The maximum absolute atomic E-state index is 11.3. The first-order valence-electron chi connectivity index (χ1n) is 5.38. The van der Waals surface area contributed by atoms with Crippen LogP contribution < -0.4 is 10.1 Å². The van der Waals surface area contributed by atoms with Crippen molar-refractivity contribution in [2.75, 3.05) is 7.11 Å². The zero-order valence-electron chi connectivity index (χ0n) is 9.66. The summed E-state index contributed by atoms with van der Waals surface area (Å²) < 4.78 is 6.20. The van der Waals surface area contributed by atoms with Crippen molar-refractivity contribution in [1.29, 1.82) is 0 Å². The minimum atomic E-state index is -0.880. The molecule has 0 bridgehead atoms. The number of carboxylic acid groups (broad SMARTS) is 1. The second-order valence-electron chi connectivity index (χ2n) is 4.18. The Morgan fingerprint density at radius 1 is 1.59 bits per heavy atom. The first-order chi connectivity index (χ1) is 8.04. The fraction of sp³-hybridized carbons (Fsp3) is 0.417. The van der Waals surface area contributed by atoms with Gasteiger partial charge in [-0.15, -0.1) is 0 Å². The number of benzene rings is 1. The Kier molecular flexibility index (Phi) is 3.40. The highest BCUT2D eigenvalue weighted by atomic mass is 79.9. The van der Waals surface area contributed by atoms with Crippen LogP contribution in [0.3, 0.4) is 0 Å². The van der Waals surface area contributed by atoms with Gasteiger partial charge in [0, 0.05) is 16.1 Å². The average Bonchev–Trinajstić information content (AvgIpc) is 2.29. The van der Waals surface area contributed by atoms with E-state index in [1.807, 2.05) is 13.0 Å². The summed E-state index contributed by atoms with van der Waals surface area (Å²) in [7, 11) is 1.56. The summed E-state index contributed by atoms with van der Waals surface area (Å²) in [4.78, 5) is 11.3. The molecule has 0 amide bonds. The summed E-state index contributed by atoms with van der Waals surface area (Å²) in [5, 5.41) is 12.4. The molecule has 17 heavy (non-hydrogen) atoms. The van der Waals surface area contributed by atoms with Crippen molar-refractivity contribution < 1.29 is 14.6 Å². The van der Waals surface area contributed by atoms with Crippen LogP contribution in [0.25, 0.3) is 0 Å². The molecule has 1 aliphatic rings. The van der Waals surface area contributed by atoms with Crippen LogP contribution in [0.5, 0.6) is 5.75 Å². The Labute approximate surface area is 108 Å². The van der Waals surface area contributed by atoms with E-state index in [-0.39, 0.29) is 6.04 Å². The van der Waals surface area contributed by atoms with E-state index in [0.717, 1.165) is 22.0 Å². The van der Waals surface area contributed by atoms with Gasteiger partial charge >= 0.3 is 5.97 Å². The predicted molar refractivity (Wildman–Crippen MR) is 67.4 cm³/mol. The molecule has 2 N–H and O–H groups in total. The Morgan fingerprint density at radius 3 is 2.88 bits per heavy atom. The molecular weight excluding hydrogens is 286 g/mol. The maximum atomic E-state index is 11.3. The van der Waals surface area contributed by atoms with Gasteiger partial charge in [-0.3, -0.25) is 10.1 Å². The van der Waals surface area contributed by atoms with Crippen molar-refractivity contribution in [2.45, 2.75) is 25.4 Å². The van der Waals surface area contributed by atoms with Crippen LogP contribution in [0.1, 0.15) is 24.1 Å². The lowest BCUT2D eigenvalue weighted by molar-refractivity contribution is -0.140. The fourth-order valence-corrected chi connectivity index (χ4v) is 2.75. The van der Waals surface area contributed by atoms with Gasteiger partial charge in [-0.05, 0) is 31.0 Å². The van der Waals surface area contributed by atoms with Gasteiger partial charge < -0.3 is 9.84 Å². The zero-order chi connectivity index (χ0) is 12.6. The SMILES string of the molecule is COc1ccc(Br)c2c1C(C(=O)O)NC(C)C2. The number of hydrogen-bond donors (Lipinski definition) is 2. The third kappa shape index (κ3) is 2.17. The van der Waals surface area contributed by atoms with Crippen LogP contribution in [0, 0.1) is 0 Å². The van der Waals surface area contributed by atoms with Crippen LogP contribution >= 0.6 is 15.9 Å². The smallest absolute Gasteiger partial charge is 0.325 e. The van der Waals surface area contributed by atoms with E-state index in [1.165, 1.54) is 0 Å². The third-order valence-electron chi connectivity index (χ3n) is 2.98. The molecule has 0 aliphatic carbocycles. The number of rotatable bonds is 2. The third-order valence-corrected chi connectivity index (χ3v) is 3.72. The van der Waals surface area contributed by atoms with Gasteiger partial charge in [0.2, 0.25) is 0 Å². The Morgan fingerprint density at radius 2 is 2.29 bits per heavy atom. The van der Waals surface area contributed by atoms with Gasteiger partial charge in [0.25, 0.3) is 0 Å². The van der Waals surface area contributed by atoms with Gasteiger partial charge in [0.05, 0.1) is 7.11 Å². The lowest BCUT2D eigenvalue weighted by atomic mass is 9.90. The molecule has 1 aromatic carbocycles. The zero-order valence-corrected chi connectivity index (χ0v) is 11.2. The van der Waals surface area contributed by atoms with Crippen molar-refractivity contribution in [1.82, 2.24) is 5.32 Å². The molecule has 0 fully saturated rings. The lowest BCUT2D eigenvalue weighted by Gasteiger charge is -2.30. The molecule has 0 spiro atoms. The summed E-state index contributed by atoms with van der Waals surface area (Å²) in [6.07, 6.45) is 0.789. The summed E-state index contributed by atoms with van der Waals surface area (Å²) in [6, 6.07) is 3.11. The van der Waals surface area contributed by atoms with Gasteiger partial charge in [0.15, 0.2) is 0 Å². The fourth-order valence-electron chi connectivity index (χ4n) is 2.25. The Balaban J connectivity index is 2.61. The molecule has 92 valence electrons. The van der Waals surface area contributed by atoms with E-state index in [9.17, 15) is 9.90 Å². The highest BCUT2D eigenvalue weighted by Crippen LogP contribution is 2.37. The minimum Gasteiger partial charge on any atom is -0.496 e. The number of ether oxygens (including phenoxy) is 1. The van der Waals surface area contributed by atoms with Gasteiger partial charge in [-0.1, -0.05) is 15.9 Å². The van der Waals surface area contributed by atoms with E-state index in [1.54, 1.807) is 13.2 Å². The highest BCUT2D eigenvalue weighted by Gasteiger charge is 2.33. The molecule has 1 heterocycles. The first-order valence-corrected chi connectivity index (χ1v) is 6.18. The average molecular weight is 300 g/mol. The normalized spacial score (nSPS) is 23.0. The Hall–Kier alpha value is -1.07. The molecule has 0 aromatic heterocycles. The van der Waals surface area contributed by atoms with E-state index in [0.29, 0.717) is 5.75 Å². The van der Waals surface area contributed by atoms with E-state index < -0.39 is 12.0 Å². The molecule has 2 unspecified atom stereocenters. The van der Waals surface area contributed by atoms with Crippen LogP contribution in [0.15, 0.2) is 16.6 Å². The number of aliphatic carboxylic acids is 1.